The van der Waals surface area contributed by atoms with Crippen molar-refractivity contribution < 1.29 is 4.79 Å². The lowest BCUT2D eigenvalue weighted by molar-refractivity contribution is -0.120. The first-order chi connectivity index (χ1) is 12.0. The van der Waals surface area contributed by atoms with E-state index >= 15 is 0 Å². The smallest absolute Gasteiger partial charge is 0.233 e. The number of hydrogen-bond acceptors (Lipinski definition) is 6. The highest BCUT2D eigenvalue weighted by atomic mass is 32.2. The summed E-state index contributed by atoms with van der Waals surface area (Å²) in [5.74, 6) is -0.0316. The molecule has 0 saturated heterocycles. The van der Waals surface area contributed by atoms with Crippen LogP contribution >= 0.6 is 11.8 Å². The van der Waals surface area contributed by atoms with Gasteiger partial charge in [0, 0.05) is 6.54 Å². The molecule has 2 rings (SSSR count). The van der Waals surface area contributed by atoms with Gasteiger partial charge in [-0.15, -0.1) is 0 Å². The molecule has 0 spiro atoms. The van der Waals surface area contributed by atoms with Gasteiger partial charge in [0.05, 0.1) is 16.4 Å². The van der Waals surface area contributed by atoms with Gasteiger partial charge in [0.2, 0.25) is 5.91 Å². The molecule has 1 atom stereocenters. The fourth-order valence-electron chi connectivity index (χ4n) is 2.61. The number of nitrogens with zero attached hydrogens (tertiary/aromatic N) is 3. The van der Waals surface area contributed by atoms with Gasteiger partial charge in [-0.2, -0.15) is 10.5 Å². The molecular formula is C18H21N5OS. The summed E-state index contributed by atoms with van der Waals surface area (Å²) < 4.78 is 0. The summed E-state index contributed by atoms with van der Waals surface area (Å²) in [6, 6.07) is 5.31. The quantitative estimate of drug-likeness (QED) is 0.599. The number of aromatic nitrogens is 1. The van der Waals surface area contributed by atoms with E-state index in [2.05, 4.69) is 16.4 Å². The van der Waals surface area contributed by atoms with Crippen molar-refractivity contribution in [1.29, 1.82) is 10.5 Å². The minimum absolute atomic E-state index is 0.0702. The molecule has 0 aliphatic heterocycles. The Balaban J connectivity index is 1.92. The number of anilines is 1. The molecule has 1 heterocycles. The molecule has 0 bridgehead atoms. The van der Waals surface area contributed by atoms with Crippen molar-refractivity contribution in [3.05, 3.63) is 28.8 Å². The van der Waals surface area contributed by atoms with E-state index in [9.17, 15) is 10.1 Å². The maximum absolute atomic E-state index is 12.3. The minimum atomic E-state index is -0.410. The highest BCUT2D eigenvalue weighted by Gasteiger charge is 2.19. The topological polar surface area (TPSA) is 116 Å². The van der Waals surface area contributed by atoms with E-state index in [1.54, 1.807) is 6.92 Å². The number of pyridine rings is 1. The van der Waals surface area contributed by atoms with E-state index in [0.29, 0.717) is 11.6 Å². The Hall–Kier alpha value is -2.51. The first kappa shape index (κ1) is 18.8. The van der Waals surface area contributed by atoms with Crippen molar-refractivity contribution in [3.8, 4) is 12.1 Å². The SMILES string of the molecule is C[C@H](Sc1nc(N)c(C#N)cc1C#N)C(=O)NCCC1=CCCCC1. The number of thioether (sulfide) groups is 1. The Morgan fingerprint density at radius 2 is 2.16 bits per heavy atom. The van der Waals surface area contributed by atoms with Crippen LogP contribution in [-0.2, 0) is 4.79 Å². The van der Waals surface area contributed by atoms with Crippen LogP contribution < -0.4 is 11.1 Å². The maximum atomic E-state index is 12.3. The number of nitrogen functional groups attached to an aromatic ring is 1. The lowest BCUT2D eigenvalue weighted by Gasteiger charge is -2.15. The van der Waals surface area contributed by atoms with Crippen LogP contribution in [0.4, 0.5) is 5.82 Å². The number of nitriles is 2. The average molecular weight is 355 g/mol. The Kier molecular flexibility index (Phi) is 6.85. The Bertz CT molecular complexity index is 760. The molecule has 25 heavy (non-hydrogen) atoms. The molecule has 0 unspecified atom stereocenters. The third-order valence-corrected chi connectivity index (χ3v) is 5.15. The number of carbonyl (C=O) groups is 1. The van der Waals surface area contributed by atoms with Gasteiger partial charge in [0.15, 0.2) is 0 Å². The number of carbonyl (C=O) groups excluding carboxylic acids is 1. The van der Waals surface area contributed by atoms with Gasteiger partial charge in [-0.3, -0.25) is 4.79 Å². The zero-order chi connectivity index (χ0) is 18.2. The Labute approximate surface area is 152 Å². The molecule has 6 nitrogen and oxygen atoms in total. The first-order valence-corrected chi connectivity index (χ1v) is 9.16. The second-order valence-corrected chi connectivity index (χ2v) is 7.24. The molecular weight excluding hydrogens is 334 g/mol. The number of allylic oxidation sites excluding steroid dienone is 1. The molecule has 0 fully saturated rings. The standard InChI is InChI=1S/C18H21N5OS/c1-12(17(24)22-8-7-13-5-3-2-4-6-13)25-18-15(11-20)9-14(10-19)16(21)23-18/h5,9,12H,2-4,6-8H2,1H3,(H2,21,23)(H,22,24)/t12-/m0/s1. The van der Waals surface area contributed by atoms with E-state index in [1.165, 1.54) is 36.2 Å². The zero-order valence-corrected chi connectivity index (χ0v) is 15.0. The van der Waals surface area contributed by atoms with Crippen LogP contribution in [0.1, 0.15) is 50.2 Å². The van der Waals surface area contributed by atoms with Gasteiger partial charge >= 0.3 is 0 Å². The number of hydrogen-bond donors (Lipinski definition) is 2. The van der Waals surface area contributed by atoms with Crippen LogP contribution in [0.15, 0.2) is 22.7 Å². The highest BCUT2D eigenvalue weighted by molar-refractivity contribution is 8.00. The normalized spacial score (nSPS) is 14.8. The molecule has 0 saturated carbocycles. The van der Waals surface area contributed by atoms with Gasteiger partial charge in [0.1, 0.15) is 23.0 Å². The van der Waals surface area contributed by atoms with Crippen LogP contribution in [-0.4, -0.2) is 22.7 Å². The summed E-state index contributed by atoms with van der Waals surface area (Å²) in [7, 11) is 0. The lowest BCUT2D eigenvalue weighted by Crippen LogP contribution is -2.32. The fraction of sp³-hybridized carbons (Fsp3) is 0.444. The molecule has 1 aromatic heterocycles. The van der Waals surface area contributed by atoms with E-state index in [1.807, 2.05) is 12.1 Å². The van der Waals surface area contributed by atoms with Crippen molar-refractivity contribution in [2.75, 3.05) is 12.3 Å². The second kappa shape index (κ2) is 9.10. The van der Waals surface area contributed by atoms with Crippen molar-refractivity contribution in [2.45, 2.75) is 49.3 Å². The van der Waals surface area contributed by atoms with E-state index < -0.39 is 5.25 Å². The van der Waals surface area contributed by atoms with Crippen LogP contribution in [0.25, 0.3) is 0 Å². The third-order valence-electron chi connectivity index (χ3n) is 4.05. The average Bonchev–Trinajstić information content (AvgIpc) is 2.62. The molecule has 1 aliphatic rings. The Morgan fingerprint density at radius 3 is 2.80 bits per heavy atom. The molecule has 0 radical (unpaired) electrons. The van der Waals surface area contributed by atoms with E-state index in [0.717, 1.165) is 19.3 Å². The third kappa shape index (κ3) is 5.23. The van der Waals surface area contributed by atoms with E-state index in [4.69, 9.17) is 11.0 Å². The van der Waals surface area contributed by atoms with Gasteiger partial charge in [-0.1, -0.05) is 23.4 Å². The predicted molar refractivity (Wildman–Crippen MR) is 97.6 cm³/mol. The summed E-state index contributed by atoms with van der Waals surface area (Å²) >= 11 is 1.17. The van der Waals surface area contributed by atoms with Crippen LogP contribution in [0, 0.1) is 22.7 Å². The van der Waals surface area contributed by atoms with Gasteiger partial charge in [-0.05, 0) is 45.1 Å². The second-order valence-electron chi connectivity index (χ2n) is 5.91. The summed E-state index contributed by atoms with van der Waals surface area (Å²) in [4.78, 5) is 16.3. The largest absolute Gasteiger partial charge is 0.383 e. The molecule has 1 amide bonds. The zero-order valence-electron chi connectivity index (χ0n) is 14.2. The molecule has 130 valence electrons. The van der Waals surface area contributed by atoms with Crippen LogP contribution in [0.5, 0.6) is 0 Å². The minimum Gasteiger partial charge on any atom is -0.383 e. The summed E-state index contributed by atoms with van der Waals surface area (Å²) in [5, 5.41) is 21.0. The number of rotatable bonds is 6. The predicted octanol–water partition coefficient (Wildman–Crippen LogP) is 2.89. The summed E-state index contributed by atoms with van der Waals surface area (Å²) in [5.41, 5.74) is 7.54. The summed E-state index contributed by atoms with van der Waals surface area (Å²) in [6.45, 7) is 2.38. The van der Waals surface area contributed by atoms with Gasteiger partial charge in [0.25, 0.3) is 0 Å². The lowest BCUT2D eigenvalue weighted by atomic mass is 9.97. The van der Waals surface area contributed by atoms with Crippen molar-refractivity contribution in [1.82, 2.24) is 10.3 Å². The maximum Gasteiger partial charge on any atom is 0.233 e. The van der Waals surface area contributed by atoms with Crippen molar-refractivity contribution in [2.24, 2.45) is 0 Å². The number of amides is 1. The molecule has 1 aromatic rings. The first-order valence-electron chi connectivity index (χ1n) is 8.28. The van der Waals surface area contributed by atoms with Crippen molar-refractivity contribution >= 4 is 23.5 Å². The number of nitrogens with one attached hydrogen (secondary N) is 1. The van der Waals surface area contributed by atoms with Crippen molar-refractivity contribution in [3.63, 3.8) is 0 Å². The summed E-state index contributed by atoms with van der Waals surface area (Å²) in [6.07, 6.45) is 7.91. The highest BCUT2D eigenvalue weighted by Crippen LogP contribution is 2.27. The van der Waals surface area contributed by atoms with Crippen LogP contribution in [0.2, 0.25) is 0 Å². The molecule has 1 aliphatic carbocycles. The monoisotopic (exact) mass is 355 g/mol. The molecule has 7 heteroatoms. The molecule has 3 N–H and O–H groups in total. The Morgan fingerprint density at radius 1 is 1.40 bits per heavy atom. The van der Waals surface area contributed by atoms with Gasteiger partial charge in [-0.25, -0.2) is 4.98 Å². The van der Waals surface area contributed by atoms with Gasteiger partial charge < -0.3 is 11.1 Å². The fourth-order valence-corrected chi connectivity index (χ4v) is 3.52. The van der Waals surface area contributed by atoms with E-state index in [-0.39, 0.29) is 22.9 Å². The number of nitrogens with two attached hydrogens (primary N) is 1. The van der Waals surface area contributed by atoms with Crippen LogP contribution in [0.3, 0.4) is 0 Å². The molecule has 0 aromatic carbocycles.